The lowest BCUT2D eigenvalue weighted by Gasteiger charge is -2.16. The minimum atomic E-state index is -1.04. The number of nitrogens with one attached hydrogen (secondary N) is 1. The van der Waals surface area contributed by atoms with Crippen LogP contribution in [0.25, 0.3) is 0 Å². The molecule has 5 nitrogen and oxygen atoms in total. The van der Waals surface area contributed by atoms with Crippen molar-refractivity contribution < 1.29 is 14.7 Å². The van der Waals surface area contributed by atoms with Gasteiger partial charge in [0.25, 0.3) is 0 Å². The third kappa shape index (κ3) is 3.69. The molecule has 0 radical (unpaired) electrons. The molecule has 0 aliphatic rings. The van der Waals surface area contributed by atoms with Crippen LogP contribution in [0.3, 0.4) is 0 Å². The van der Waals surface area contributed by atoms with Crippen LogP contribution in [0, 0.1) is 3.57 Å². The van der Waals surface area contributed by atoms with E-state index in [2.05, 4.69) is 27.9 Å². The molecule has 1 aromatic carbocycles. The molecule has 2 amide bonds. The third-order valence-corrected chi connectivity index (χ3v) is 2.78. The van der Waals surface area contributed by atoms with E-state index in [1.54, 1.807) is 12.1 Å². The Kier molecular flexibility index (Phi) is 4.53. The number of carboxylic acids is 1. The lowest BCUT2D eigenvalue weighted by Crippen LogP contribution is -2.35. The maximum absolute atomic E-state index is 11.5. The van der Waals surface area contributed by atoms with Gasteiger partial charge in [-0.15, -0.1) is 0 Å². The fourth-order valence-electron chi connectivity index (χ4n) is 1.05. The van der Waals surface area contributed by atoms with Crippen LogP contribution in [0.2, 0.25) is 0 Å². The van der Waals surface area contributed by atoms with Gasteiger partial charge in [-0.25, -0.2) is 4.79 Å². The average Bonchev–Trinajstić information content (AvgIpc) is 2.20. The van der Waals surface area contributed by atoms with Crippen molar-refractivity contribution in [3.05, 3.63) is 27.8 Å². The summed E-state index contributed by atoms with van der Waals surface area (Å²) in [5.74, 6) is -1.04. The molecule has 1 rings (SSSR count). The zero-order valence-electron chi connectivity index (χ0n) is 8.61. The summed E-state index contributed by atoms with van der Waals surface area (Å²) >= 11 is 2.09. The summed E-state index contributed by atoms with van der Waals surface area (Å²) in [7, 11) is 1.43. The second-order valence-corrected chi connectivity index (χ2v) is 4.32. The molecular formula is C10H11IN2O3. The van der Waals surface area contributed by atoms with Gasteiger partial charge in [-0.1, -0.05) is 12.1 Å². The fraction of sp³-hybridized carbons (Fsp3) is 0.200. The maximum Gasteiger partial charge on any atom is 0.323 e. The molecule has 0 fully saturated rings. The van der Waals surface area contributed by atoms with E-state index in [9.17, 15) is 9.59 Å². The number of hydrogen-bond acceptors (Lipinski definition) is 2. The van der Waals surface area contributed by atoms with Crippen LogP contribution in [0.1, 0.15) is 0 Å². The summed E-state index contributed by atoms with van der Waals surface area (Å²) in [6.45, 7) is -0.324. The van der Waals surface area contributed by atoms with E-state index >= 15 is 0 Å². The minimum Gasteiger partial charge on any atom is -0.480 e. The van der Waals surface area contributed by atoms with Crippen LogP contribution >= 0.6 is 22.6 Å². The van der Waals surface area contributed by atoms with Crippen LogP contribution in [0.15, 0.2) is 24.3 Å². The Morgan fingerprint density at radius 3 is 2.62 bits per heavy atom. The number of aliphatic carboxylic acids is 1. The second kappa shape index (κ2) is 5.69. The lowest BCUT2D eigenvalue weighted by atomic mass is 10.3. The third-order valence-electron chi connectivity index (χ3n) is 1.83. The van der Waals surface area contributed by atoms with Crippen LogP contribution in [-0.4, -0.2) is 35.6 Å². The molecule has 2 N–H and O–H groups in total. The summed E-state index contributed by atoms with van der Waals surface area (Å²) in [5.41, 5.74) is 0.672. The SMILES string of the molecule is CN(CC(=O)O)C(=O)Nc1ccccc1I. The molecule has 0 atom stereocenters. The number of carboxylic acid groups (broad SMARTS) is 1. The van der Waals surface area contributed by atoms with Gasteiger partial charge in [-0.3, -0.25) is 4.79 Å². The number of halogens is 1. The lowest BCUT2D eigenvalue weighted by molar-refractivity contribution is -0.137. The van der Waals surface area contributed by atoms with Gasteiger partial charge in [0, 0.05) is 10.6 Å². The van der Waals surface area contributed by atoms with E-state index < -0.39 is 12.0 Å². The standard InChI is InChI=1S/C10H11IN2O3/c1-13(6-9(14)15)10(16)12-8-5-3-2-4-7(8)11/h2-5H,6H2,1H3,(H,12,16)(H,14,15). The molecule has 0 unspecified atom stereocenters. The molecule has 0 bridgehead atoms. The number of amides is 2. The Hall–Kier alpha value is -1.31. The highest BCUT2D eigenvalue weighted by Crippen LogP contribution is 2.17. The molecule has 0 aromatic heterocycles. The van der Waals surface area contributed by atoms with Crippen molar-refractivity contribution >= 4 is 40.3 Å². The number of anilines is 1. The molecule has 0 saturated carbocycles. The first-order valence-corrected chi connectivity index (χ1v) is 5.57. The van der Waals surface area contributed by atoms with Crippen molar-refractivity contribution in [3.63, 3.8) is 0 Å². The van der Waals surface area contributed by atoms with Crippen molar-refractivity contribution in [3.8, 4) is 0 Å². The van der Waals surface area contributed by atoms with Crippen molar-refractivity contribution in [2.75, 3.05) is 18.9 Å². The average molecular weight is 334 g/mol. The summed E-state index contributed by atoms with van der Waals surface area (Å²) < 4.78 is 0.900. The first kappa shape index (κ1) is 12.8. The molecule has 86 valence electrons. The Labute approximate surface area is 107 Å². The highest BCUT2D eigenvalue weighted by Gasteiger charge is 2.12. The predicted octanol–water partition coefficient (Wildman–Crippen LogP) is 1.84. The smallest absolute Gasteiger partial charge is 0.323 e. The number of para-hydroxylation sites is 1. The van der Waals surface area contributed by atoms with E-state index in [-0.39, 0.29) is 6.54 Å². The molecular weight excluding hydrogens is 323 g/mol. The molecule has 1 aromatic rings. The number of carbonyl (C=O) groups excluding carboxylic acids is 1. The monoisotopic (exact) mass is 334 g/mol. The molecule has 0 aliphatic heterocycles. The van der Waals surface area contributed by atoms with Crippen LogP contribution < -0.4 is 5.32 Å². The Morgan fingerprint density at radius 1 is 1.44 bits per heavy atom. The number of urea groups is 1. The van der Waals surface area contributed by atoms with Crippen LogP contribution in [0.4, 0.5) is 10.5 Å². The molecule has 16 heavy (non-hydrogen) atoms. The largest absolute Gasteiger partial charge is 0.480 e. The highest BCUT2D eigenvalue weighted by molar-refractivity contribution is 14.1. The maximum atomic E-state index is 11.5. The zero-order chi connectivity index (χ0) is 12.1. The summed E-state index contributed by atoms with van der Waals surface area (Å²) in [5, 5.41) is 11.2. The molecule has 0 saturated heterocycles. The van der Waals surface area contributed by atoms with Crippen molar-refractivity contribution in [1.29, 1.82) is 0 Å². The van der Waals surface area contributed by atoms with Gasteiger partial charge < -0.3 is 15.3 Å². The van der Waals surface area contributed by atoms with Gasteiger partial charge in [-0.05, 0) is 34.7 Å². The van der Waals surface area contributed by atoms with Gasteiger partial charge >= 0.3 is 12.0 Å². The Morgan fingerprint density at radius 2 is 2.06 bits per heavy atom. The number of carbonyl (C=O) groups is 2. The van der Waals surface area contributed by atoms with Crippen molar-refractivity contribution in [1.82, 2.24) is 4.90 Å². The zero-order valence-corrected chi connectivity index (χ0v) is 10.8. The molecule has 0 spiro atoms. The minimum absolute atomic E-state index is 0.324. The normalized spacial score (nSPS) is 9.62. The Balaban J connectivity index is 2.64. The molecule has 0 heterocycles. The topological polar surface area (TPSA) is 69.6 Å². The number of likely N-dealkylation sites (N-methyl/N-ethyl adjacent to an activating group) is 1. The van der Waals surface area contributed by atoms with Gasteiger partial charge in [0.05, 0.1) is 5.69 Å². The van der Waals surface area contributed by atoms with E-state index in [0.29, 0.717) is 5.69 Å². The van der Waals surface area contributed by atoms with E-state index in [1.165, 1.54) is 7.05 Å². The van der Waals surface area contributed by atoms with Gasteiger partial charge in [0.15, 0.2) is 0 Å². The number of benzene rings is 1. The first-order valence-electron chi connectivity index (χ1n) is 4.49. The summed E-state index contributed by atoms with van der Waals surface area (Å²) in [6.07, 6.45) is 0. The highest BCUT2D eigenvalue weighted by atomic mass is 127. The fourth-order valence-corrected chi connectivity index (χ4v) is 1.57. The van der Waals surface area contributed by atoms with Crippen molar-refractivity contribution in [2.45, 2.75) is 0 Å². The molecule has 0 aliphatic carbocycles. The van der Waals surface area contributed by atoms with Gasteiger partial charge in [0.2, 0.25) is 0 Å². The van der Waals surface area contributed by atoms with E-state index in [0.717, 1.165) is 8.47 Å². The number of rotatable bonds is 3. The number of nitrogens with zero attached hydrogens (tertiary/aromatic N) is 1. The van der Waals surface area contributed by atoms with Crippen molar-refractivity contribution in [2.24, 2.45) is 0 Å². The quantitative estimate of drug-likeness (QED) is 0.829. The second-order valence-electron chi connectivity index (χ2n) is 3.16. The predicted molar refractivity (Wildman–Crippen MR) is 68.4 cm³/mol. The summed E-state index contributed by atoms with van der Waals surface area (Å²) in [6, 6.07) is 6.83. The summed E-state index contributed by atoms with van der Waals surface area (Å²) in [4.78, 5) is 23.1. The van der Waals surface area contributed by atoms with Gasteiger partial charge in [-0.2, -0.15) is 0 Å². The Bertz CT molecular complexity index is 409. The van der Waals surface area contributed by atoms with Gasteiger partial charge in [0.1, 0.15) is 6.54 Å². The van der Waals surface area contributed by atoms with E-state index in [4.69, 9.17) is 5.11 Å². The molecule has 6 heteroatoms. The van der Waals surface area contributed by atoms with Crippen LogP contribution in [-0.2, 0) is 4.79 Å². The number of hydrogen-bond donors (Lipinski definition) is 2. The van der Waals surface area contributed by atoms with Crippen LogP contribution in [0.5, 0.6) is 0 Å². The van der Waals surface area contributed by atoms with E-state index in [1.807, 2.05) is 12.1 Å². The first-order chi connectivity index (χ1) is 7.50.